The number of nitrogens with zero attached hydrogens (tertiary/aromatic N) is 2. The summed E-state index contributed by atoms with van der Waals surface area (Å²) in [4.78, 5) is 17.0. The maximum Gasteiger partial charge on any atom is 0.253 e. The van der Waals surface area contributed by atoms with Crippen LogP contribution in [0.1, 0.15) is 42.6 Å². The molecule has 0 bridgehead atoms. The highest BCUT2D eigenvalue weighted by molar-refractivity contribution is 5.94. The maximum atomic E-state index is 12.6. The number of rotatable bonds is 4. The van der Waals surface area contributed by atoms with Crippen LogP contribution < -0.4 is 5.73 Å². The Labute approximate surface area is 151 Å². The third-order valence-corrected chi connectivity index (χ3v) is 5.34. The van der Waals surface area contributed by atoms with Gasteiger partial charge in [0.1, 0.15) is 0 Å². The summed E-state index contributed by atoms with van der Waals surface area (Å²) in [5.41, 5.74) is 7.77. The van der Waals surface area contributed by atoms with Crippen LogP contribution in [0.15, 0.2) is 24.3 Å². The van der Waals surface area contributed by atoms with Crippen LogP contribution in [0.5, 0.6) is 0 Å². The fourth-order valence-electron chi connectivity index (χ4n) is 3.98. The molecule has 2 aliphatic rings. The first-order chi connectivity index (χ1) is 12.0. The van der Waals surface area contributed by atoms with Crippen LogP contribution in [0.3, 0.4) is 0 Å². The zero-order chi connectivity index (χ0) is 17.8. The lowest BCUT2D eigenvalue weighted by Gasteiger charge is -2.35. The number of morpholine rings is 1. The van der Waals surface area contributed by atoms with Gasteiger partial charge in [0.15, 0.2) is 0 Å². The van der Waals surface area contributed by atoms with Crippen LogP contribution in [0.25, 0.3) is 0 Å². The molecule has 1 aromatic carbocycles. The molecule has 2 fully saturated rings. The van der Waals surface area contributed by atoms with E-state index in [9.17, 15) is 4.79 Å². The zero-order valence-corrected chi connectivity index (χ0v) is 15.5. The van der Waals surface area contributed by atoms with Crippen molar-refractivity contribution in [1.29, 1.82) is 0 Å². The summed E-state index contributed by atoms with van der Waals surface area (Å²) in [5.74, 6) is 0.723. The monoisotopic (exact) mass is 345 g/mol. The summed E-state index contributed by atoms with van der Waals surface area (Å²) in [7, 11) is 0. The minimum atomic E-state index is 0.149. The lowest BCUT2D eigenvalue weighted by Crippen LogP contribution is -2.44. The van der Waals surface area contributed by atoms with Crippen LogP contribution in [0, 0.1) is 5.92 Å². The van der Waals surface area contributed by atoms with E-state index in [0.29, 0.717) is 5.92 Å². The van der Waals surface area contributed by atoms with E-state index >= 15 is 0 Å². The zero-order valence-electron chi connectivity index (χ0n) is 15.5. The molecule has 2 heterocycles. The molecule has 5 nitrogen and oxygen atoms in total. The SMILES string of the molecule is CC1CN(Cc2ccc(C(=O)N3CCC(CN)CC3)cc2)CC(C)O1. The fraction of sp³-hybridized carbons (Fsp3) is 0.650. The van der Waals surface area contributed by atoms with Crippen LogP contribution >= 0.6 is 0 Å². The normalized spacial score (nSPS) is 26.0. The largest absolute Gasteiger partial charge is 0.373 e. The van der Waals surface area contributed by atoms with Crippen molar-refractivity contribution in [3.8, 4) is 0 Å². The van der Waals surface area contributed by atoms with Gasteiger partial charge in [-0.2, -0.15) is 0 Å². The molecule has 0 saturated carbocycles. The molecule has 2 N–H and O–H groups in total. The average molecular weight is 345 g/mol. The molecule has 2 atom stereocenters. The summed E-state index contributed by atoms with van der Waals surface area (Å²) in [6, 6.07) is 8.12. The predicted octanol–water partition coefficient (Wildman–Crippen LogP) is 2.11. The van der Waals surface area contributed by atoms with Gasteiger partial charge in [-0.25, -0.2) is 0 Å². The van der Waals surface area contributed by atoms with E-state index in [0.717, 1.165) is 57.7 Å². The molecule has 138 valence electrons. The third kappa shape index (κ3) is 4.81. The number of nitrogens with two attached hydrogens (primary N) is 1. The van der Waals surface area contributed by atoms with Crippen molar-refractivity contribution < 1.29 is 9.53 Å². The second-order valence-electron chi connectivity index (χ2n) is 7.62. The summed E-state index contributed by atoms with van der Waals surface area (Å²) < 4.78 is 5.79. The number of amides is 1. The molecule has 5 heteroatoms. The van der Waals surface area contributed by atoms with Gasteiger partial charge in [-0.05, 0) is 56.8 Å². The number of ether oxygens (including phenoxy) is 1. The van der Waals surface area contributed by atoms with Crippen LogP contribution in [0.2, 0.25) is 0 Å². The third-order valence-electron chi connectivity index (χ3n) is 5.34. The average Bonchev–Trinajstić information content (AvgIpc) is 2.61. The maximum absolute atomic E-state index is 12.6. The van der Waals surface area contributed by atoms with Gasteiger partial charge < -0.3 is 15.4 Å². The molecule has 1 amide bonds. The van der Waals surface area contributed by atoms with Gasteiger partial charge >= 0.3 is 0 Å². The molecule has 25 heavy (non-hydrogen) atoms. The Bertz CT molecular complexity index is 557. The first-order valence-corrected chi connectivity index (χ1v) is 9.51. The molecule has 3 rings (SSSR count). The van der Waals surface area contributed by atoms with Crippen molar-refractivity contribution in [3.05, 3.63) is 35.4 Å². The Balaban J connectivity index is 1.56. The summed E-state index contributed by atoms with van der Waals surface area (Å²) in [5, 5.41) is 0. The number of benzene rings is 1. The number of carbonyl (C=O) groups excluding carboxylic acids is 1. The quantitative estimate of drug-likeness (QED) is 0.908. The Morgan fingerprint density at radius 3 is 2.28 bits per heavy atom. The molecule has 0 aromatic heterocycles. The molecule has 2 saturated heterocycles. The second-order valence-corrected chi connectivity index (χ2v) is 7.62. The summed E-state index contributed by atoms with van der Waals surface area (Å²) in [6.45, 7) is 9.46. The van der Waals surface area contributed by atoms with E-state index in [1.807, 2.05) is 17.0 Å². The van der Waals surface area contributed by atoms with Crippen LogP contribution in [-0.4, -0.2) is 60.6 Å². The number of piperidine rings is 1. The first-order valence-electron chi connectivity index (χ1n) is 9.51. The molecule has 2 aliphatic heterocycles. The van der Waals surface area contributed by atoms with Crippen molar-refractivity contribution in [2.75, 3.05) is 32.7 Å². The standard InChI is InChI=1S/C20H31N3O2/c1-15-12-22(13-16(2)25-15)14-18-3-5-19(6-4-18)20(24)23-9-7-17(11-21)8-10-23/h3-6,15-17H,7-14,21H2,1-2H3. The van der Waals surface area contributed by atoms with E-state index in [1.54, 1.807) is 0 Å². The number of hydrogen-bond acceptors (Lipinski definition) is 4. The van der Waals surface area contributed by atoms with Crippen LogP contribution in [-0.2, 0) is 11.3 Å². The molecule has 0 aliphatic carbocycles. The van der Waals surface area contributed by atoms with Gasteiger partial charge in [0.2, 0.25) is 0 Å². The highest BCUT2D eigenvalue weighted by Gasteiger charge is 2.24. The Morgan fingerprint density at radius 2 is 1.72 bits per heavy atom. The lowest BCUT2D eigenvalue weighted by molar-refractivity contribution is -0.0704. The van der Waals surface area contributed by atoms with Crippen molar-refractivity contribution in [2.45, 2.75) is 45.4 Å². The first kappa shape index (κ1) is 18.4. The van der Waals surface area contributed by atoms with Gasteiger partial charge in [0, 0.05) is 38.3 Å². The molecule has 0 radical (unpaired) electrons. The minimum absolute atomic E-state index is 0.149. The number of hydrogen-bond donors (Lipinski definition) is 1. The van der Waals surface area contributed by atoms with Gasteiger partial charge in [-0.1, -0.05) is 12.1 Å². The predicted molar refractivity (Wildman–Crippen MR) is 99.4 cm³/mol. The summed E-state index contributed by atoms with van der Waals surface area (Å²) >= 11 is 0. The van der Waals surface area contributed by atoms with Crippen molar-refractivity contribution in [2.24, 2.45) is 11.7 Å². The van der Waals surface area contributed by atoms with E-state index in [-0.39, 0.29) is 18.1 Å². The van der Waals surface area contributed by atoms with Gasteiger partial charge in [-0.3, -0.25) is 9.69 Å². The number of likely N-dealkylation sites (tertiary alicyclic amines) is 1. The second kappa shape index (κ2) is 8.30. The van der Waals surface area contributed by atoms with E-state index in [4.69, 9.17) is 10.5 Å². The van der Waals surface area contributed by atoms with E-state index in [2.05, 4.69) is 30.9 Å². The highest BCUT2D eigenvalue weighted by Crippen LogP contribution is 2.19. The summed E-state index contributed by atoms with van der Waals surface area (Å²) in [6.07, 6.45) is 2.60. The molecular formula is C20H31N3O2. The van der Waals surface area contributed by atoms with E-state index in [1.165, 1.54) is 5.56 Å². The topological polar surface area (TPSA) is 58.8 Å². The highest BCUT2D eigenvalue weighted by atomic mass is 16.5. The molecule has 1 aromatic rings. The van der Waals surface area contributed by atoms with Gasteiger partial charge in [0.25, 0.3) is 5.91 Å². The molecule has 0 spiro atoms. The van der Waals surface area contributed by atoms with Crippen molar-refractivity contribution >= 4 is 5.91 Å². The molecule has 2 unspecified atom stereocenters. The van der Waals surface area contributed by atoms with Gasteiger partial charge in [-0.15, -0.1) is 0 Å². The Morgan fingerprint density at radius 1 is 1.12 bits per heavy atom. The van der Waals surface area contributed by atoms with Gasteiger partial charge in [0.05, 0.1) is 12.2 Å². The smallest absolute Gasteiger partial charge is 0.253 e. The minimum Gasteiger partial charge on any atom is -0.373 e. The number of carbonyl (C=O) groups is 1. The van der Waals surface area contributed by atoms with Crippen molar-refractivity contribution in [1.82, 2.24) is 9.80 Å². The Hall–Kier alpha value is -1.43. The fourth-order valence-corrected chi connectivity index (χ4v) is 3.98. The molecular weight excluding hydrogens is 314 g/mol. The lowest BCUT2D eigenvalue weighted by atomic mass is 9.96. The van der Waals surface area contributed by atoms with Crippen molar-refractivity contribution in [3.63, 3.8) is 0 Å². The van der Waals surface area contributed by atoms with E-state index < -0.39 is 0 Å². The Kier molecular flexibility index (Phi) is 6.10. The van der Waals surface area contributed by atoms with Crippen LogP contribution in [0.4, 0.5) is 0 Å².